The molecule has 1 aliphatic rings. The Kier molecular flexibility index (Phi) is 7.09. The van der Waals surface area contributed by atoms with Crippen molar-refractivity contribution in [3.63, 3.8) is 0 Å². The first-order valence-corrected chi connectivity index (χ1v) is 14.1. The number of ether oxygens (including phenoxy) is 1. The van der Waals surface area contributed by atoms with Crippen LogP contribution in [0.25, 0.3) is 33.5 Å². The Labute approximate surface area is 239 Å². The standard InChI is InChI=1S/C33H35N5O3/c1-20(2)31-30(24-10-7-11-27-26(24)17-38(36-27)18-28(39)22-8-5-4-6-9-22)35-33(37(31)3)25-15-14-23(32(34)40)16-29(25)41-19-21-12-13-21/h4-11,14-17,20-21,28,39H,12-13,18-19H2,1-3H3,(H2,34,40). The van der Waals surface area contributed by atoms with Crippen LogP contribution in [0.1, 0.15) is 60.3 Å². The van der Waals surface area contributed by atoms with Gasteiger partial charge in [-0.1, -0.05) is 56.3 Å². The first-order valence-electron chi connectivity index (χ1n) is 14.1. The average molecular weight is 550 g/mol. The minimum Gasteiger partial charge on any atom is -0.493 e. The van der Waals surface area contributed by atoms with Crippen molar-refractivity contribution in [3.8, 4) is 28.4 Å². The van der Waals surface area contributed by atoms with Crippen molar-refractivity contribution >= 4 is 16.8 Å². The Balaban J connectivity index is 1.43. The van der Waals surface area contributed by atoms with E-state index in [0.29, 0.717) is 30.4 Å². The van der Waals surface area contributed by atoms with Gasteiger partial charge in [-0.05, 0) is 54.5 Å². The van der Waals surface area contributed by atoms with Crippen molar-refractivity contribution in [2.24, 2.45) is 18.7 Å². The number of benzene rings is 3. The first-order chi connectivity index (χ1) is 19.8. The third-order valence-corrected chi connectivity index (χ3v) is 7.76. The van der Waals surface area contributed by atoms with E-state index >= 15 is 0 Å². The van der Waals surface area contributed by atoms with Gasteiger partial charge in [0.1, 0.15) is 11.6 Å². The van der Waals surface area contributed by atoms with Gasteiger partial charge in [0.25, 0.3) is 0 Å². The van der Waals surface area contributed by atoms with Gasteiger partial charge in [0.05, 0.1) is 36.0 Å². The number of imidazole rings is 1. The van der Waals surface area contributed by atoms with Crippen LogP contribution in [0.3, 0.4) is 0 Å². The Morgan fingerprint density at radius 2 is 1.85 bits per heavy atom. The molecule has 2 heterocycles. The van der Waals surface area contributed by atoms with Crippen molar-refractivity contribution in [3.05, 3.63) is 89.7 Å². The monoisotopic (exact) mass is 549 g/mol. The van der Waals surface area contributed by atoms with Gasteiger partial charge in [-0.25, -0.2) is 4.98 Å². The summed E-state index contributed by atoms with van der Waals surface area (Å²) < 4.78 is 10.1. The van der Waals surface area contributed by atoms with Gasteiger partial charge in [0.15, 0.2) is 0 Å². The lowest BCUT2D eigenvalue weighted by molar-refractivity contribution is 0.0999. The molecule has 3 aromatic carbocycles. The zero-order valence-corrected chi connectivity index (χ0v) is 23.6. The second-order valence-electron chi connectivity index (χ2n) is 11.2. The molecule has 5 aromatic rings. The van der Waals surface area contributed by atoms with E-state index in [1.807, 2.05) is 61.8 Å². The highest BCUT2D eigenvalue weighted by atomic mass is 16.5. The van der Waals surface area contributed by atoms with E-state index in [-0.39, 0.29) is 5.92 Å². The Morgan fingerprint density at radius 3 is 2.56 bits per heavy atom. The van der Waals surface area contributed by atoms with Crippen LogP contribution in [-0.2, 0) is 13.6 Å². The van der Waals surface area contributed by atoms with Crippen LogP contribution in [0, 0.1) is 5.92 Å². The summed E-state index contributed by atoms with van der Waals surface area (Å²) >= 11 is 0. The molecule has 8 nitrogen and oxygen atoms in total. The lowest BCUT2D eigenvalue weighted by atomic mass is 10.0. The topological polar surface area (TPSA) is 108 Å². The summed E-state index contributed by atoms with van der Waals surface area (Å²) in [5.41, 5.74) is 11.4. The minimum atomic E-state index is -0.668. The number of aliphatic hydroxyl groups is 1. The molecule has 8 heteroatoms. The Hall–Kier alpha value is -4.43. The van der Waals surface area contributed by atoms with Crippen LogP contribution in [0.15, 0.2) is 72.9 Å². The van der Waals surface area contributed by atoms with Crippen LogP contribution < -0.4 is 10.5 Å². The third-order valence-electron chi connectivity index (χ3n) is 7.76. The number of carbonyl (C=O) groups excluding carboxylic acids is 1. The number of aromatic nitrogens is 4. The number of nitrogens with two attached hydrogens (primary N) is 1. The molecular weight excluding hydrogens is 514 g/mol. The quantitative estimate of drug-likeness (QED) is 0.227. The third kappa shape index (κ3) is 5.35. The molecule has 0 bridgehead atoms. The van der Waals surface area contributed by atoms with Gasteiger partial charge in [-0.3, -0.25) is 9.48 Å². The summed E-state index contributed by atoms with van der Waals surface area (Å²) in [4.78, 5) is 17.1. The van der Waals surface area contributed by atoms with Crippen molar-refractivity contribution in [1.29, 1.82) is 0 Å². The molecule has 2 aromatic heterocycles. The van der Waals surface area contributed by atoms with E-state index in [1.165, 1.54) is 0 Å². The van der Waals surface area contributed by atoms with Gasteiger partial charge in [0.2, 0.25) is 5.91 Å². The number of rotatable bonds is 10. The van der Waals surface area contributed by atoms with Crippen molar-refractivity contribution in [2.45, 2.75) is 45.3 Å². The summed E-state index contributed by atoms with van der Waals surface area (Å²) in [5, 5.41) is 16.6. The zero-order chi connectivity index (χ0) is 28.7. The molecule has 0 spiro atoms. The van der Waals surface area contributed by atoms with Crippen molar-refractivity contribution < 1.29 is 14.6 Å². The normalized spacial score (nSPS) is 14.1. The van der Waals surface area contributed by atoms with E-state index in [4.69, 9.17) is 20.6 Å². The van der Waals surface area contributed by atoms with E-state index in [1.54, 1.807) is 16.8 Å². The Morgan fingerprint density at radius 1 is 1.07 bits per heavy atom. The molecule has 0 saturated heterocycles. The number of primary amides is 1. The largest absolute Gasteiger partial charge is 0.493 e. The first kappa shape index (κ1) is 26.8. The Bertz CT molecular complexity index is 1720. The number of fused-ring (bicyclic) bond motifs is 1. The molecule has 1 fully saturated rings. The summed E-state index contributed by atoms with van der Waals surface area (Å²) in [6.07, 6.45) is 3.64. The highest BCUT2D eigenvalue weighted by molar-refractivity contribution is 5.95. The van der Waals surface area contributed by atoms with Gasteiger partial charge >= 0.3 is 0 Å². The molecule has 0 radical (unpaired) electrons. The number of aliphatic hydroxyl groups excluding tert-OH is 1. The molecule has 41 heavy (non-hydrogen) atoms. The highest BCUT2D eigenvalue weighted by Gasteiger charge is 2.26. The van der Waals surface area contributed by atoms with Gasteiger partial charge in [-0.2, -0.15) is 5.10 Å². The zero-order valence-electron chi connectivity index (χ0n) is 23.6. The fraction of sp³-hybridized carbons (Fsp3) is 0.303. The molecule has 3 N–H and O–H groups in total. The lowest BCUT2D eigenvalue weighted by Gasteiger charge is -2.14. The van der Waals surface area contributed by atoms with E-state index in [2.05, 4.69) is 24.5 Å². The van der Waals surface area contributed by atoms with Crippen LogP contribution in [-0.4, -0.2) is 37.0 Å². The number of carbonyl (C=O) groups is 1. The van der Waals surface area contributed by atoms with E-state index < -0.39 is 12.0 Å². The smallest absolute Gasteiger partial charge is 0.248 e. The second kappa shape index (κ2) is 10.9. The second-order valence-corrected chi connectivity index (χ2v) is 11.2. The molecule has 1 saturated carbocycles. The molecule has 1 amide bonds. The highest BCUT2D eigenvalue weighted by Crippen LogP contribution is 2.40. The van der Waals surface area contributed by atoms with Crippen LogP contribution in [0.4, 0.5) is 0 Å². The predicted octanol–water partition coefficient (Wildman–Crippen LogP) is 5.85. The number of nitrogens with zero attached hydrogens (tertiary/aromatic N) is 4. The maximum absolute atomic E-state index is 11.9. The van der Waals surface area contributed by atoms with Gasteiger partial charge in [-0.15, -0.1) is 0 Å². The minimum absolute atomic E-state index is 0.183. The molecule has 1 aliphatic carbocycles. The molecule has 0 aliphatic heterocycles. The average Bonchev–Trinajstić information content (AvgIpc) is 3.60. The molecule has 6 rings (SSSR count). The van der Waals surface area contributed by atoms with Crippen molar-refractivity contribution in [2.75, 3.05) is 6.61 Å². The molecular formula is C33H35N5O3. The molecule has 1 unspecified atom stereocenters. The summed E-state index contributed by atoms with van der Waals surface area (Å²) in [7, 11) is 2.02. The van der Waals surface area contributed by atoms with Crippen molar-refractivity contribution in [1.82, 2.24) is 19.3 Å². The van der Waals surface area contributed by atoms with E-state index in [9.17, 15) is 9.90 Å². The van der Waals surface area contributed by atoms with E-state index in [0.717, 1.165) is 57.6 Å². The maximum atomic E-state index is 11.9. The SMILES string of the molecule is CC(C)c1c(-c2cccc3nn(CC(O)c4ccccc4)cc23)nc(-c2ccc(C(N)=O)cc2OCC2CC2)n1C. The summed E-state index contributed by atoms with van der Waals surface area (Å²) in [6.45, 7) is 5.27. The van der Waals surface area contributed by atoms with Gasteiger partial charge in [0, 0.05) is 35.5 Å². The molecule has 1 atom stereocenters. The van der Waals surface area contributed by atoms with Crippen LogP contribution in [0.2, 0.25) is 0 Å². The fourth-order valence-electron chi connectivity index (χ4n) is 5.43. The maximum Gasteiger partial charge on any atom is 0.248 e. The lowest BCUT2D eigenvalue weighted by Crippen LogP contribution is -2.12. The summed E-state index contributed by atoms with van der Waals surface area (Å²) in [6, 6.07) is 21.0. The van der Waals surface area contributed by atoms with Crippen LogP contribution in [0.5, 0.6) is 5.75 Å². The fourth-order valence-corrected chi connectivity index (χ4v) is 5.43. The number of amides is 1. The van der Waals surface area contributed by atoms with Crippen LogP contribution >= 0.6 is 0 Å². The molecule has 210 valence electrons. The predicted molar refractivity (Wildman–Crippen MR) is 160 cm³/mol. The summed E-state index contributed by atoms with van der Waals surface area (Å²) in [5.74, 6) is 1.62. The number of hydrogen-bond acceptors (Lipinski definition) is 5. The number of hydrogen-bond donors (Lipinski definition) is 2. The van der Waals surface area contributed by atoms with Gasteiger partial charge < -0.3 is 20.1 Å².